The molecule has 1 atom stereocenters. The van der Waals surface area contributed by atoms with Crippen LogP contribution in [0.1, 0.15) is 28.6 Å². The summed E-state index contributed by atoms with van der Waals surface area (Å²) in [5.74, 6) is -0.772. The molecule has 1 amide bonds. The number of furan rings is 1. The van der Waals surface area contributed by atoms with E-state index < -0.39 is 23.5 Å². The molecule has 2 heterocycles. The summed E-state index contributed by atoms with van der Waals surface area (Å²) < 4.78 is 16.2. The van der Waals surface area contributed by atoms with Gasteiger partial charge in [0.05, 0.1) is 52.7 Å². The third-order valence-corrected chi connectivity index (χ3v) is 5.10. The minimum absolute atomic E-state index is 0.0290. The molecule has 1 aliphatic heterocycles. The van der Waals surface area contributed by atoms with E-state index in [4.69, 9.17) is 13.9 Å². The summed E-state index contributed by atoms with van der Waals surface area (Å²) in [6.07, 6.45) is 2.08. The smallest absolute Gasteiger partial charge is 0.290 e. The van der Waals surface area contributed by atoms with E-state index in [1.165, 1.54) is 36.3 Å². The molecule has 0 spiro atoms. The van der Waals surface area contributed by atoms with E-state index in [0.29, 0.717) is 30.0 Å². The Bertz CT molecular complexity index is 949. The van der Waals surface area contributed by atoms with Gasteiger partial charge in [0.2, 0.25) is 5.78 Å². The minimum atomic E-state index is -0.822. The van der Waals surface area contributed by atoms with Crippen LogP contribution in [-0.4, -0.2) is 63.1 Å². The molecule has 3 rings (SSSR count). The van der Waals surface area contributed by atoms with Crippen LogP contribution < -0.4 is 14.4 Å². The molecule has 0 radical (unpaired) electrons. The first-order valence-corrected chi connectivity index (χ1v) is 9.72. The Hall–Kier alpha value is -3.26. The third kappa shape index (κ3) is 3.91. The Morgan fingerprint density at radius 3 is 2.57 bits per heavy atom. The normalized spacial score (nSPS) is 16.5. The fourth-order valence-corrected chi connectivity index (χ4v) is 3.71. The van der Waals surface area contributed by atoms with E-state index in [1.807, 2.05) is 14.1 Å². The standard InChI is InChI=1S/C22H26N2O6/c1-23(2)11-7-12-24-18(14-8-5-9-16(28-3)21(14)29-4)17(20(26)22(24)27)19(25)15-10-6-13-30-15/h5-6,8-10,13,18,26H,7,11-12H2,1-4H3/p+1/t18-/m0/s1. The monoisotopic (exact) mass is 415 g/mol. The predicted octanol–water partition coefficient (Wildman–Crippen LogP) is 1.41. The maximum Gasteiger partial charge on any atom is 0.290 e. The van der Waals surface area contributed by atoms with Crippen LogP contribution in [0.25, 0.3) is 0 Å². The maximum absolute atomic E-state index is 13.2. The molecule has 0 aliphatic carbocycles. The van der Waals surface area contributed by atoms with Crippen molar-refractivity contribution in [3.63, 3.8) is 0 Å². The highest BCUT2D eigenvalue weighted by molar-refractivity contribution is 6.15. The van der Waals surface area contributed by atoms with Gasteiger partial charge in [0, 0.05) is 18.5 Å². The number of ketones is 1. The number of rotatable bonds is 9. The Morgan fingerprint density at radius 1 is 1.20 bits per heavy atom. The molecular weight excluding hydrogens is 388 g/mol. The summed E-state index contributed by atoms with van der Waals surface area (Å²) in [5.41, 5.74) is 0.528. The number of nitrogens with zero attached hydrogens (tertiary/aromatic N) is 1. The summed E-state index contributed by atoms with van der Waals surface area (Å²) in [6, 6.07) is 7.52. The van der Waals surface area contributed by atoms with Crippen LogP contribution >= 0.6 is 0 Å². The summed E-state index contributed by atoms with van der Waals surface area (Å²) in [5, 5.41) is 10.7. The highest BCUT2D eigenvalue weighted by Gasteiger charge is 2.45. The quantitative estimate of drug-likeness (QED) is 0.602. The molecule has 0 saturated heterocycles. The minimum Gasteiger partial charge on any atom is -0.503 e. The first kappa shape index (κ1) is 21.4. The highest BCUT2D eigenvalue weighted by atomic mass is 16.5. The molecule has 1 aromatic heterocycles. The van der Waals surface area contributed by atoms with Crippen LogP contribution in [0.4, 0.5) is 0 Å². The largest absolute Gasteiger partial charge is 0.503 e. The van der Waals surface area contributed by atoms with Crippen molar-refractivity contribution in [3.8, 4) is 11.5 Å². The summed E-state index contributed by atoms with van der Waals surface area (Å²) >= 11 is 0. The molecule has 8 heteroatoms. The van der Waals surface area contributed by atoms with Gasteiger partial charge >= 0.3 is 0 Å². The Balaban J connectivity index is 2.11. The van der Waals surface area contributed by atoms with Crippen LogP contribution in [0.5, 0.6) is 11.5 Å². The molecule has 1 aliphatic rings. The molecule has 160 valence electrons. The van der Waals surface area contributed by atoms with Gasteiger partial charge in [-0.05, 0) is 18.2 Å². The van der Waals surface area contributed by atoms with Crippen molar-refractivity contribution >= 4 is 11.7 Å². The molecule has 0 fully saturated rings. The Kier molecular flexibility index (Phi) is 6.47. The topological polar surface area (TPSA) is 93.7 Å². The number of carbonyl (C=O) groups excluding carboxylic acids is 2. The highest BCUT2D eigenvalue weighted by Crippen LogP contribution is 2.45. The fraction of sp³-hybridized carbons (Fsp3) is 0.364. The maximum atomic E-state index is 13.2. The number of Topliss-reactive ketones (excluding diaryl/α,β-unsaturated/α-hetero) is 1. The third-order valence-electron chi connectivity index (χ3n) is 5.10. The van der Waals surface area contributed by atoms with Crippen LogP contribution in [0.3, 0.4) is 0 Å². The van der Waals surface area contributed by atoms with Crippen LogP contribution in [0, 0.1) is 0 Å². The average molecular weight is 415 g/mol. The van der Waals surface area contributed by atoms with Crippen LogP contribution in [0.2, 0.25) is 0 Å². The van der Waals surface area contributed by atoms with Crippen molar-refractivity contribution in [2.24, 2.45) is 0 Å². The average Bonchev–Trinajstić information content (AvgIpc) is 3.35. The van der Waals surface area contributed by atoms with Gasteiger partial charge in [-0.2, -0.15) is 0 Å². The zero-order valence-electron chi connectivity index (χ0n) is 17.6. The van der Waals surface area contributed by atoms with E-state index in [0.717, 1.165) is 6.54 Å². The molecule has 30 heavy (non-hydrogen) atoms. The number of ether oxygens (including phenoxy) is 2. The number of amides is 1. The second kappa shape index (κ2) is 9.04. The first-order valence-electron chi connectivity index (χ1n) is 9.72. The van der Waals surface area contributed by atoms with Crippen molar-refractivity contribution in [2.45, 2.75) is 12.5 Å². The van der Waals surface area contributed by atoms with Crippen LogP contribution in [-0.2, 0) is 4.79 Å². The van der Waals surface area contributed by atoms with Crippen molar-refractivity contribution in [1.82, 2.24) is 4.90 Å². The molecule has 2 aromatic rings. The Labute approximate surface area is 175 Å². The predicted molar refractivity (Wildman–Crippen MR) is 109 cm³/mol. The van der Waals surface area contributed by atoms with Gasteiger partial charge in [0.1, 0.15) is 0 Å². The van der Waals surface area contributed by atoms with Gasteiger partial charge in [-0.15, -0.1) is 0 Å². The Morgan fingerprint density at radius 2 is 1.97 bits per heavy atom. The lowest BCUT2D eigenvalue weighted by molar-refractivity contribution is -0.858. The van der Waals surface area contributed by atoms with Crippen molar-refractivity contribution < 1.29 is 33.5 Å². The van der Waals surface area contributed by atoms with E-state index in [1.54, 1.807) is 24.3 Å². The molecular formula is C22H27N2O6+. The summed E-state index contributed by atoms with van der Waals surface area (Å²) in [7, 11) is 7.06. The number of hydrogen-bond acceptors (Lipinski definition) is 6. The van der Waals surface area contributed by atoms with Gasteiger partial charge in [0.15, 0.2) is 23.0 Å². The molecule has 1 aromatic carbocycles. The number of aliphatic hydroxyl groups excluding tert-OH is 1. The lowest BCUT2D eigenvalue weighted by Crippen LogP contribution is -3.05. The van der Waals surface area contributed by atoms with E-state index in [2.05, 4.69) is 0 Å². The number of hydrogen-bond donors (Lipinski definition) is 2. The summed E-state index contributed by atoms with van der Waals surface area (Å²) in [6.45, 7) is 1.20. The van der Waals surface area contributed by atoms with Gasteiger partial charge in [-0.1, -0.05) is 12.1 Å². The van der Waals surface area contributed by atoms with Crippen molar-refractivity contribution in [1.29, 1.82) is 0 Å². The van der Waals surface area contributed by atoms with E-state index in [-0.39, 0.29) is 11.3 Å². The number of aliphatic hydroxyl groups is 1. The second-order valence-electron chi connectivity index (χ2n) is 7.36. The van der Waals surface area contributed by atoms with Gasteiger partial charge in [0.25, 0.3) is 5.91 Å². The van der Waals surface area contributed by atoms with Crippen LogP contribution in [0.15, 0.2) is 52.3 Å². The van der Waals surface area contributed by atoms with Gasteiger partial charge in [-0.25, -0.2) is 0 Å². The molecule has 2 N–H and O–H groups in total. The number of benzene rings is 1. The number of nitrogens with one attached hydrogen (secondary N) is 1. The lowest BCUT2D eigenvalue weighted by Gasteiger charge is -2.28. The number of quaternary nitrogens is 1. The molecule has 0 bridgehead atoms. The van der Waals surface area contributed by atoms with Crippen molar-refractivity contribution in [3.05, 3.63) is 59.3 Å². The SMILES string of the molecule is COc1cccc([C@H]2C(C(=O)c3ccco3)=C(O)C(=O)N2CCC[NH+](C)C)c1OC. The zero-order chi connectivity index (χ0) is 21.8. The second-order valence-corrected chi connectivity index (χ2v) is 7.36. The molecule has 0 saturated carbocycles. The number of carbonyl (C=O) groups is 2. The molecule has 0 unspecified atom stereocenters. The van der Waals surface area contributed by atoms with E-state index in [9.17, 15) is 14.7 Å². The van der Waals surface area contributed by atoms with Gasteiger partial charge in [-0.3, -0.25) is 9.59 Å². The number of para-hydroxylation sites is 1. The van der Waals surface area contributed by atoms with Crippen molar-refractivity contribution in [2.75, 3.05) is 41.4 Å². The number of methoxy groups -OCH3 is 2. The lowest BCUT2D eigenvalue weighted by atomic mass is 9.94. The summed E-state index contributed by atoms with van der Waals surface area (Å²) in [4.78, 5) is 28.9. The van der Waals surface area contributed by atoms with E-state index >= 15 is 0 Å². The molecule has 8 nitrogen and oxygen atoms in total. The zero-order valence-corrected chi connectivity index (χ0v) is 17.6. The van der Waals surface area contributed by atoms with Gasteiger partial charge < -0.3 is 28.8 Å². The first-order chi connectivity index (χ1) is 14.4. The fourth-order valence-electron chi connectivity index (χ4n) is 3.71.